The van der Waals surface area contributed by atoms with Crippen molar-refractivity contribution in [2.45, 2.75) is 26.7 Å². The van der Waals surface area contributed by atoms with Crippen LogP contribution < -0.4 is 0 Å². The van der Waals surface area contributed by atoms with Crippen molar-refractivity contribution in [2.75, 3.05) is 14.1 Å². The number of allylic oxidation sites excluding steroid dienone is 1. The Kier molecular flexibility index (Phi) is 3.44. The first-order chi connectivity index (χ1) is 6.52. The maximum Gasteiger partial charge on any atom is 0.271 e. The topological polar surface area (TPSA) is 32.7 Å². The van der Waals surface area contributed by atoms with Gasteiger partial charge in [-0.15, -0.1) is 0 Å². The summed E-state index contributed by atoms with van der Waals surface area (Å²) in [5, 5.41) is 0. The van der Waals surface area contributed by atoms with Crippen LogP contribution in [0.4, 0.5) is 0 Å². The molecule has 1 aliphatic rings. The summed E-state index contributed by atoms with van der Waals surface area (Å²) in [6, 6.07) is 0. The van der Waals surface area contributed by atoms with Gasteiger partial charge in [-0.05, 0) is 18.8 Å². The van der Waals surface area contributed by atoms with Gasteiger partial charge >= 0.3 is 0 Å². The van der Waals surface area contributed by atoms with E-state index in [-0.39, 0.29) is 5.91 Å². The molecule has 0 aromatic rings. The SMILES string of the molecule is CC(C)C1=NC(C(=O)N(C)C)=CCC1. The number of carbonyl (C=O) groups excluding carboxylic acids is 1. The van der Waals surface area contributed by atoms with Gasteiger partial charge < -0.3 is 4.90 Å². The lowest BCUT2D eigenvalue weighted by Crippen LogP contribution is -2.25. The summed E-state index contributed by atoms with van der Waals surface area (Å²) in [5.41, 5.74) is 1.74. The monoisotopic (exact) mass is 194 g/mol. The molecule has 0 N–H and O–H groups in total. The van der Waals surface area contributed by atoms with Crippen molar-refractivity contribution in [3.05, 3.63) is 11.8 Å². The highest BCUT2D eigenvalue weighted by atomic mass is 16.2. The van der Waals surface area contributed by atoms with Crippen LogP contribution in [0.1, 0.15) is 26.7 Å². The Bertz CT molecular complexity index is 288. The molecule has 14 heavy (non-hydrogen) atoms. The molecule has 1 rings (SSSR count). The summed E-state index contributed by atoms with van der Waals surface area (Å²) in [6.45, 7) is 4.23. The molecular weight excluding hydrogens is 176 g/mol. The van der Waals surface area contributed by atoms with Gasteiger partial charge in [0.2, 0.25) is 0 Å². The largest absolute Gasteiger partial charge is 0.343 e. The van der Waals surface area contributed by atoms with Gasteiger partial charge in [0, 0.05) is 19.8 Å². The first-order valence-electron chi connectivity index (χ1n) is 5.01. The fourth-order valence-electron chi connectivity index (χ4n) is 1.40. The van der Waals surface area contributed by atoms with Crippen LogP contribution in [-0.4, -0.2) is 30.6 Å². The Morgan fingerprint density at radius 3 is 2.64 bits per heavy atom. The normalized spacial score (nSPS) is 16.4. The predicted octanol–water partition coefficient (Wildman–Crippen LogP) is 1.85. The Balaban J connectivity index is 2.82. The Labute approximate surface area is 85.5 Å². The Hall–Kier alpha value is -1.12. The van der Waals surface area contributed by atoms with E-state index in [2.05, 4.69) is 18.8 Å². The minimum Gasteiger partial charge on any atom is -0.343 e. The molecule has 0 aromatic heterocycles. The third-order valence-corrected chi connectivity index (χ3v) is 2.29. The average Bonchev–Trinajstić information content (AvgIpc) is 2.16. The van der Waals surface area contributed by atoms with Crippen LogP contribution in [0.3, 0.4) is 0 Å². The second-order valence-electron chi connectivity index (χ2n) is 4.09. The molecule has 0 spiro atoms. The minimum absolute atomic E-state index is 0.00264. The molecule has 0 bridgehead atoms. The minimum atomic E-state index is 0.00264. The highest BCUT2D eigenvalue weighted by molar-refractivity contribution is 5.98. The van der Waals surface area contributed by atoms with Gasteiger partial charge in [0.05, 0.1) is 0 Å². The highest BCUT2D eigenvalue weighted by Gasteiger charge is 2.16. The van der Waals surface area contributed by atoms with Crippen LogP contribution in [0.25, 0.3) is 0 Å². The molecule has 0 atom stereocenters. The predicted molar refractivity (Wildman–Crippen MR) is 58.3 cm³/mol. The van der Waals surface area contributed by atoms with E-state index in [9.17, 15) is 4.79 Å². The summed E-state index contributed by atoms with van der Waals surface area (Å²) < 4.78 is 0. The number of nitrogens with zero attached hydrogens (tertiary/aromatic N) is 2. The molecule has 1 amide bonds. The first-order valence-corrected chi connectivity index (χ1v) is 5.01. The molecule has 0 aromatic carbocycles. The second-order valence-corrected chi connectivity index (χ2v) is 4.09. The lowest BCUT2D eigenvalue weighted by atomic mass is 10.0. The van der Waals surface area contributed by atoms with E-state index in [0.717, 1.165) is 18.6 Å². The van der Waals surface area contributed by atoms with E-state index in [1.54, 1.807) is 19.0 Å². The molecule has 3 nitrogen and oxygen atoms in total. The number of hydrogen-bond acceptors (Lipinski definition) is 2. The van der Waals surface area contributed by atoms with Crippen LogP contribution in [0.2, 0.25) is 0 Å². The Morgan fingerprint density at radius 1 is 1.50 bits per heavy atom. The fourth-order valence-corrected chi connectivity index (χ4v) is 1.40. The third-order valence-electron chi connectivity index (χ3n) is 2.29. The van der Waals surface area contributed by atoms with E-state index in [4.69, 9.17) is 0 Å². The summed E-state index contributed by atoms with van der Waals surface area (Å²) >= 11 is 0. The summed E-state index contributed by atoms with van der Waals surface area (Å²) in [7, 11) is 3.50. The number of rotatable bonds is 2. The molecule has 0 fully saturated rings. The van der Waals surface area contributed by atoms with Crippen molar-refractivity contribution < 1.29 is 4.79 Å². The van der Waals surface area contributed by atoms with Gasteiger partial charge in [-0.1, -0.05) is 19.9 Å². The maximum atomic E-state index is 11.6. The summed E-state index contributed by atoms with van der Waals surface area (Å²) in [4.78, 5) is 17.6. The van der Waals surface area contributed by atoms with Gasteiger partial charge in [0.15, 0.2) is 0 Å². The van der Waals surface area contributed by atoms with Crippen molar-refractivity contribution >= 4 is 11.6 Å². The van der Waals surface area contributed by atoms with Gasteiger partial charge in [0.1, 0.15) is 5.70 Å². The van der Waals surface area contributed by atoms with Gasteiger partial charge in [-0.2, -0.15) is 0 Å². The molecule has 1 aliphatic heterocycles. The number of likely N-dealkylation sites (N-methyl/N-ethyl adjacent to an activating group) is 1. The zero-order valence-electron chi connectivity index (χ0n) is 9.37. The summed E-state index contributed by atoms with van der Waals surface area (Å²) in [5.74, 6) is 0.441. The lowest BCUT2D eigenvalue weighted by Gasteiger charge is -2.17. The average molecular weight is 194 g/mol. The van der Waals surface area contributed by atoms with E-state index < -0.39 is 0 Å². The van der Waals surface area contributed by atoms with Crippen LogP contribution >= 0.6 is 0 Å². The molecule has 0 radical (unpaired) electrons. The lowest BCUT2D eigenvalue weighted by molar-refractivity contribution is -0.124. The third kappa shape index (κ3) is 2.44. The standard InChI is InChI=1S/C11H18N2O/c1-8(2)9-6-5-7-10(12-9)11(14)13(3)4/h7-8H,5-6H2,1-4H3. The van der Waals surface area contributed by atoms with Crippen molar-refractivity contribution in [1.82, 2.24) is 4.90 Å². The second kappa shape index (κ2) is 4.40. The first kappa shape index (κ1) is 11.0. The van der Waals surface area contributed by atoms with Crippen molar-refractivity contribution in [2.24, 2.45) is 10.9 Å². The van der Waals surface area contributed by atoms with Crippen molar-refractivity contribution in [1.29, 1.82) is 0 Å². The van der Waals surface area contributed by atoms with Gasteiger partial charge in [0.25, 0.3) is 5.91 Å². The van der Waals surface area contributed by atoms with Crippen LogP contribution in [-0.2, 0) is 4.79 Å². The zero-order chi connectivity index (χ0) is 10.7. The number of amides is 1. The zero-order valence-corrected chi connectivity index (χ0v) is 9.37. The van der Waals surface area contributed by atoms with Crippen molar-refractivity contribution in [3.63, 3.8) is 0 Å². The van der Waals surface area contributed by atoms with Crippen LogP contribution in [0.5, 0.6) is 0 Å². The van der Waals surface area contributed by atoms with Gasteiger partial charge in [-0.3, -0.25) is 9.79 Å². The number of hydrogen-bond donors (Lipinski definition) is 0. The van der Waals surface area contributed by atoms with E-state index in [1.807, 2.05) is 6.08 Å². The highest BCUT2D eigenvalue weighted by Crippen LogP contribution is 2.16. The van der Waals surface area contributed by atoms with E-state index in [0.29, 0.717) is 11.6 Å². The number of aliphatic imine (C=N–C) groups is 1. The molecule has 78 valence electrons. The number of carbonyl (C=O) groups is 1. The Morgan fingerprint density at radius 2 is 2.14 bits per heavy atom. The molecule has 1 heterocycles. The molecular formula is C11H18N2O. The van der Waals surface area contributed by atoms with Gasteiger partial charge in [-0.25, -0.2) is 0 Å². The maximum absolute atomic E-state index is 11.6. The van der Waals surface area contributed by atoms with Crippen molar-refractivity contribution in [3.8, 4) is 0 Å². The molecule has 0 saturated carbocycles. The summed E-state index contributed by atoms with van der Waals surface area (Å²) in [6.07, 6.45) is 3.85. The van der Waals surface area contributed by atoms with E-state index >= 15 is 0 Å². The molecule has 0 unspecified atom stereocenters. The molecule has 3 heteroatoms. The van der Waals surface area contributed by atoms with Crippen LogP contribution in [0, 0.1) is 5.92 Å². The fraction of sp³-hybridized carbons (Fsp3) is 0.636. The quantitative estimate of drug-likeness (QED) is 0.660. The van der Waals surface area contributed by atoms with E-state index in [1.165, 1.54) is 0 Å². The molecule has 0 aliphatic carbocycles. The molecule has 0 saturated heterocycles. The van der Waals surface area contributed by atoms with Crippen LogP contribution in [0.15, 0.2) is 16.8 Å². The smallest absolute Gasteiger partial charge is 0.271 e.